The first-order valence-corrected chi connectivity index (χ1v) is 9.01. The predicted molar refractivity (Wildman–Crippen MR) is 96.2 cm³/mol. The smallest absolute Gasteiger partial charge is 0.433 e. The van der Waals surface area contributed by atoms with Crippen molar-refractivity contribution in [1.29, 1.82) is 0 Å². The highest BCUT2D eigenvalue weighted by Gasteiger charge is 2.46. The number of fused-ring (bicyclic) bond motifs is 1. The molecule has 1 saturated heterocycles. The fourth-order valence-corrected chi connectivity index (χ4v) is 3.55. The summed E-state index contributed by atoms with van der Waals surface area (Å²) in [4.78, 5) is 38.6. The monoisotopic (exact) mass is 420 g/mol. The van der Waals surface area contributed by atoms with Crippen LogP contribution >= 0.6 is 0 Å². The summed E-state index contributed by atoms with van der Waals surface area (Å²) in [6.07, 6.45) is -5.49. The lowest BCUT2D eigenvalue weighted by Gasteiger charge is -2.29. The number of hydrogen-bond acceptors (Lipinski definition) is 5. The summed E-state index contributed by atoms with van der Waals surface area (Å²) in [5.74, 6) is -1.87. The number of ether oxygens (including phenoxy) is 2. The van der Waals surface area contributed by atoms with Crippen molar-refractivity contribution in [2.75, 3.05) is 5.32 Å². The molecule has 7 nitrogen and oxygen atoms in total. The number of anilines is 1. The fourth-order valence-electron chi connectivity index (χ4n) is 3.55. The maximum Gasteiger partial charge on any atom is 0.573 e. The molecule has 2 heterocycles. The highest BCUT2D eigenvalue weighted by atomic mass is 19.4. The van der Waals surface area contributed by atoms with E-state index in [4.69, 9.17) is 4.74 Å². The van der Waals surface area contributed by atoms with Gasteiger partial charge in [0.2, 0.25) is 18.0 Å². The number of halogens is 3. The van der Waals surface area contributed by atoms with Crippen LogP contribution in [0.2, 0.25) is 0 Å². The van der Waals surface area contributed by atoms with Crippen LogP contribution in [0.3, 0.4) is 0 Å². The van der Waals surface area contributed by atoms with E-state index in [1.54, 1.807) is 24.3 Å². The first kappa shape index (κ1) is 19.7. The number of alkyl halides is 3. The molecule has 10 heteroatoms. The minimum atomic E-state index is -4.81. The van der Waals surface area contributed by atoms with E-state index >= 15 is 0 Å². The number of rotatable bonds is 4. The SMILES string of the molecule is O=C1OC(N2C(=O)CC[C@H]2C(=O)Nc2ccc(OC(F)(F)F)cc2)c2ccccc21. The minimum absolute atomic E-state index is 0.104. The molecule has 2 amide bonds. The maximum atomic E-state index is 12.8. The van der Waals surface area contributed by atoms with Gasteiger partial charge in [-0.2, -0.15) is 0 Å². The van der Waals surface area contributed by atoms with Crippen LogP contribution in [0.15, 0.2) is 48.5 Å². The number of likely N-dealkylation sites (tertiary alicyclic amines) is 1. The number of benzene rings is 2. The summed E-state index contributed by atoms with van der Waals surface area (Å²) in [5, 5.41) is 2.57. The zero-order valence-electron chi connectivity index (χ0n) is 15.3. The standard InChI is InChI=1S/C20H15F3N2O5/c21-20(22,23)30-12-7-5-11(6-8-12)24-17(27)15-9-10-16(26)25(15)18-13-3-1-2-4-14(13)19(28)29-18/h1-8,15,18H,9-10H2,(H,24,27)/t15-,18?/m0/s1. The van der Waals surface area contributed by atoms with Gasteiger partial charge in [0.15, 0.2) is 0 Å². The molecule has 1 fully saturated rings. The molecule has 2 aromatic carbocycles. The largest absolute Gasteiger partial charge is 0.573 e. The van der Waals surface area contributed by atoms with Gasteiger partial charge in [-0.25, -0.2) is 4.79 Å². The molecule has 4 rings (SSSR count). The molecule has 2 aliphatic rings. The Morgan fingerprint density at radius 1 is 1.10 bits per heavy atom. The Morgan fingerprint density at radius 2 is 1.80 bits per heavy atom. The molecule has 0 spiro atoms. The lowest BCUT2D eigenvalue weighted by Crippen LogP contribution is -2.43. The Bertz CT molecular complexity index is 1010. The van der Waals surface area contributed by atoms with Crippen molar-refractivity contribution >= 4 is 23.5 Å². The molecule has 2 aromatic rings. The average molecular weight is 420 g/mol. The zero-order valence-corrected chi connectivity index (χ0v) is 15.3. The summed E-state index contributed by atoms with van der Waals surface area (Å²) in [6.45, 7) is 0. The van der Waals surface area contributed by atoms with E-state index in [1.807, 2.05) is 0 Å². The van der Waals surface area contributed by atoms with Crippen LogP contribution in [0.25, 0.3) is 0 Å². The zero-order chi connectivity index (χ0) is 21.5. The van der Waals surface area contributed by atoms with Crippen LogP contribution in [0, 0.1) is 0 Å². The Kier molecular flexibility index (Phi) is 4.84. The topological polar surface area (TPSA) is 84.9 Å². The Morgan fingerprint density at radius 3 is 2.50 bits per heavy atom. The van der Waals surface area contributed by atoms with E-state index in [0.717, 1.165) is 12.1 Å². The van der Waals surface area contributed by atoms with Crippen LogP contribution in [0.5, 0.6) is 5.75 Å². The highest BCUT2D eigenvalue weighted by molar-refractivity contribution is 6.00. The van der Waals surface area contributed by atoms with Gasteiger partial charge in [-0.1, -0.05) is 18.2 Å². The average Bonchev–Trinajstić information content (AvgIpc) is 3.22. The third-order valence-corrected chi connectivity index (χ3v) is 4.83. The molecule has 1 N–H and O–H groups in total. The third kappa shape index (κ3) is 3.80. The van der Waals surface area contributed by atoms with Gasteiger partial charge in [0.1, 0.15) is 11.8 Å². The molecular formula is C20H15F3N2O5. The number of hydrogen-bond donors (Lipinski definition) is 1. The third-order valence-electron chi connectivity index (χ3n) is 4.83. The van der Waals surface area contributed by atoms with E-state index in [1.165, 1.54) is 17.0 Å². The van der Waals surface area contributed by atoms with Crippen LogP contribution in [-0.4, -0.2) is 35.1 Å². The van der Waals surface area contributed by atoms with Gasteiger partial charge < -0.3 is 14.8 Å². The van der Waals surface area contributed by atoms with Gasteiger partial charge in [0.05, 0.1) is 5.56 Å². The maximum absolute atomic E-state index is 12.8. The predicted octanol–water partition coefficient (Wildman–Crippen LogP) is 3.38. The van der Waals surface area contributed by atoms with Gasteiger partial charge in [0, 0.05) is 17.7 Å². The van der Waals surface area contributed by atoms with Gasteiger partial charge in [-0.3, -0.25) is 14.5 Å². The second kappa shape index (κ2) is 7.36. The lowest BCUT2D eigenvalue weighted by atomic mass is 10.1. The van der Waals surface area contributed by atoms with Gasteiger partial charge >= 0.3 is 12.3 Å². The van der Waals surface area contributed by atoms with Crippen molar-refractivity contribution in [1.82, 2.24) is 4.90 Å². The van der Waals surface area contributed by atoms with Crippen molar-refractivity contribution in [3.8, 4) is 5.75 Å². The molecule has 0 saturated carbocycles. The molecule has 2 aliphatic heterocycles. The number of nitrogens with zero attached hydrogens (tertiary/aromatic N) is 1. The van der Waals surface area contributed by atoms with Gasteiger partial charge in [0.25, 0.3) is 0 Å². The molecule has 0 aliphatic carbocycles. The highest BCUT2D eigenvalue weighted by Crippen LogP contribution is 2.38. The Balaban J connectivity index is 1.50. The van der Waals surface area contributed by atoms with E-state index < -0.39 is 36.3 Å². The van der Waals surface area contributed by atoms with Crippen molar-refractivity contribution in [2.45, 2.75) is 31.5 Å². The van der Waals surface area contributed by atoms with E-state index in [-0.39, 0.29) is 24.4 Å². The number of cyclic esters (lactones) is 1. The van der Waals surface area contributed by atoms with E-state index in [9.17, 15) is 27.6 Å². The Hall–Kier alpha value is -3.56. The fraction of sp³-hybridized carbons (Fsp3) is 0.250. The van der Waals surface area contributed by atoms with E-state index in [2.05, 4.69) is 10.1 Å². The summed E-state index contributed by atoms with van der Waals surface area (Å²) in [5.41, 5.74) is 1.07. The number of carbonyl (C=O) groups excluding carboxylic acids is 3. The summed E-state index contributed by atoms with van der Waals surface area (Å²) < 4.78 is 45.9. The number of amides is 2. The molecule has 2 atom stereocenters. The quantitative estimate of drug-likeness (QED) is 0.767. The van der Waals surface area contributed by atoms with Crippen molar-refractivity contribution in [3.05, 3.63) is 59.7 Å². The molecule has 30 heavy (non-hydrogen) atoms. The number of esters is 1. The van der Waals surface area contributed by atoms with Gasteiger partial charge in [-0.05, 0) is 36.8 Å². The van der Waals surface area contributed by atoms with Gasteiger partial charge in [-0.15, -0.1) is 13.2 Å². The second-order valence-corrected chi connectivity index (χ2v) is 6.76. The molecule has 156 valence electrons. The molecular weight excluding hydrogens is 405 g/mol. The summed E-state index contributed by atoms with van der Waals surface area (Å²) >= 11 is 0. The Labute approximate surface area is 168 Å². The normalized spacial score (nSPS) is 20.7. The summed E-state index contributed by atoms with van der Waals surface area (Å²) in [7, 11) is 0. The van der Waals surface area contributed by atoms with Crippen LogP contribution in [-0.2, 0) is 14.3 Å². The molecule has 0 aromatic heterocycles. The number of carbonyl (C=O) groups is 3. The van der Waals surface area contributed by atoms with Crippen LogP contribution < -0.4 is 10.1 Å². The van der Waals surface area contributed by atoms with Crippen LogP contribution in [0.1, 0.15) is 35.0 Å². The number of nitrogens with one attached hydrogen (secondary N) is 1. The van der Waals surface area contributed by atoms with Crippen LogP contribution in [0.4, 0.5) is 18.9 Å². The lowest BCUT2D eigenvalue weighted by molar-refractivity contribution is -0.274. The second-order valence-electron chi connectivity index (χ2n) is 6.76. The van der Waals surface area contributed by atoms with Crippen molar-refractivity contribution < 1.29 is 37.0 Å². The minimum Gasteiger partial charge on any atom is -0.433 e. The first-order chi connectivity index (χ1) is 14.2. The molecule has 1 unspecified atom stereocenters. The van der Waals surface area contributed by atoms with E-state index in [0.29, 0.717) is 11.1 Å². The molecule has 0 radical (unpaired) electrons. The van der Waals surface area contributed by atoms with Crippen molar-refractivity contribution in [2.24, 2.45) is 0 Å². The first-order valence-electron chi connectivity index (χ1n) is 9.01. The van der Waals surface area contributed by atoms with Crippen molar-refractivity contribution in [3.63, 3.8) is 0 Å². The summed E-state index contributed by atoms with van der Waals surface area (Å²) in [6, 6.07) is 10.4. The molecule has 0 bridgehead atoms.